The third-order valence-electron chi connectivity index (χ3n) is 5.93. The Morgan fingerprint density at radius 2 is 1.65 bits per heavy atom. The first-order valence-electron chi connectivity index (χ1n) is 11.3. The van der Waals surface area contributed by atoms with Gasteiger partial charge in [-0.05, 0) is 54.8 Å². The lowest BCUT2D eigenvalue weighted by atomic mass is 10.1. The molecule has 8 heteroatoms. The number of morpholine rings is 1. The van der Waals surface area contributed by atoms with E-state index in [-0.39, 0.29) is 11.9 Å². The van der Waals surface area contributed by atoms with Crippen LogP contribution in [0.2, 0.25) is 0 Å². The van der Waals surface area contributed by atoms with E-state index in [9.17, 15) is 4.79 Å². The van der Waals surface area contributed by atoms with E-state index in [0.717, 1.165) is 37.4 Å². The molecule has 3 heterocycles. The maximum atomic E-state index is 12.9. The maximum Gasteiger partial charge on any atom is 0.251 e. The first-order chi connectivity index (χ1) is 16.7. The molecule has 2 aromatic carbocycles. The van der Waals surface area contributed by atoms with Crippen molar-refractivity contribution < 1.29 is 13.9 Å². The fraction of sp³-hybridized carbons (Fsp3) is 0.269. The van der Waals surface area contributed by atoms with Crippen molar-refractivity contribution in [2.24, 2.45) is 0 Å². The third kappa shape index (κ3) is 5.09. The highest BCUT2D eigenvalue weighted by Gasteiger charge is 2.24. The molecule has 0 spiro atoms. The highest BCUT2D eigenvalue weighted by atomic mass is 32.1. The van der Waals surface area contributed by atoms with Crippen molar-refractivity contribution >= 4 is 17.2 Å². The first-order valence-corrected chi connectivity index (χ1v) is 12.2. The Hall–Kier alpha value is -3.33. The second-order valence-corrected chi connectivity index (χ2v) is 9.22. The van der Waals surface area contributed by atoms with Gasteiger partial charge < -0.3 is 14.5 Å². The van der Waals surface area contributed by atoms with E-state index >= 15 is 0 Å². The fourth-order valence-electron chi connectivity index (χ4n) is 3.99. The molecule has 174 valence electrons. The topological polar surface area (TPSA) is 80.5 Å². The van der Waals surface area contributed by atoms with E-state index in [0.29, 0.717) is 23.9 Å². The predicted octanol–water partition coefficient (Wildman–Crippen LogP) is 4.58. The van der Waals surface area contributed by atoms with Gasteiger partial charge in [0.1, 0.15) is 0 Å². The van der Waals surface area contributed by atoms with Crippen molar-refractivity contribution in [3.63, 3.8) is 0 Å². The quantitative estimate of drug-likeness (QED) is 0.422. The van der Waals surface area contributed by atoms with Crippen LogP contribution in [0.3, 0.4) is 0 Å². The summed E-state index contributed by atoms with van der Waals surface area (Å²) in [7, 11) is 0. The lowest BCUT2D eigenvalue weighted by Crippen LogP contribution is -2.43. The SMILES string of the molecule is Cc1ccc(-c2nnc(-c3ccc(C(=O)NCC(c4cccs4)N4CCOCC4)cc3)o2)cc1. The van der Waals surface area contributed by atoms with Gasteiger partial charge in [0.25, 0.3) is 5.91 Å². The average Bonchev–Trinajstić information content (AvgIpc) is 3.59. The molecular weight excluding hydrogens is 448 g/mol. The number of nitrogens with one attached hydrogen (secondary N) is 1. The van der Waals surface area contributed by atoms with Gasteiger partial charge in [-0.25, -0.2) is 0 Å². The van der Waals surface area contributed by atoms with Crippen molar-refractivity contribution in [1.82, 2.24) is 20.4 Å². The Bertz CT molecular complexity index is 1210. The summed E-state index contributed by atoms with van der Waals surface area (Å²) in [5.41, 5.74) is 3.41. The Morgan fingerprint density at radius 1 is 1.00 bits per heavy atom. The largest absolute Gasteiger partial charge is 0.416 e. The zero-order valence-electron chi connectivity index (χ0n) is 18.9. The third-order valence-corrected chi connectivity index (χ3v) is 6.91. The van der Waals surface area contributed by atoms with Crippen LogP contribution < -0.4 is 5.32 Å². The van der Waals surface area contributed by atoms with Crippen LogP contribution >= 0.6 is 11.3 Å². The number of benzene rings is 2. The van der Waals surface area contributed by atoms with Gasteiger partial charge in [-0.3, -0.25) is 9.69 Å². The number of ether oxygens (including phenoxy) is 1. The molecule has 1 N–H and O–H groups in total. The number of carbonyl (C=O) groups is 1. The van der Waals surface area contributed by atoms with E-state index in [1.165, 1.54) is 10.4 Å². The molecule has 4 aromatic rings. The molecule has 2 aromatic heterocycles. The summed E-state index contributed by atoms with van der Waals surface area (Å²) in [6.07, 6.45) is 0. The molecule has 5 rings (SSSR count). The van der Waals surface area contributed by atoms with Crippen LogP contribution in [0.4, 0.5) is 0 Å². The average molecular weight is 475 g/mol. The summed E-state index contributed by atoms with van der Waals surface area (Å²) in [5, 5.41) is 13.5. The minimum atomic E-state index is -0.104. The van der Waals surface area contributed by atoms with Gasteiger partial charge in [0.15, 0.2) is 0 Å². The standard InChI is InChI=1S/C26H26N4O3S/c1-18-4-6-20(7-5-18)25-28-29-26(33-25)21-10-8-19(9-11-21)24(31)27-17-22(23-3-2-16-34-23)30-12-14-32-15-13-30/h2-11,16,22H,12-15,17H2,1H3,(H,27,31). The zero-order chi connectivity index (χ0) is 23.3. The van der Waals surface area contributed by atoms with Crippen molar-refractivity contribution in [2.75, 3.05) is 32.8 Å². The van der Waals surface area contributed by atoms with Crippen molar-refractivity contribution in [2.45, 2.75) is 13.0 Å². The lowest BCUT2D eigenvalue weighted by molar-refractivity contribution is 0.0169. The van der Waals surface area contributed by atoms with Gasteiger partial charge in [-0.1, -0.05) is 23.8 Å². The van der Waals surface area contributed by atoms with E-state index < -0.39 is 0 Å². The molecule has 1 atom stereocenters. The number of hydrogen-bond donors (Lipinski definition) is 1. The molecule has 1 saturated heterocycles. The summed E-state index contributed by atoms with van der Waals surface area (Å²) < 4.78 is 11.3. The molecule has 1 unspecified atom stereocenters. The number of thiophene rings is 1. The van der Waals surface area contributed by atoms with Crippen LogP contribution in [0.5, 0.6) is 0 Å². The molecule has 0 bridgehead atoms. The van der Waals surface area contributed by atoms with E-state index in [1.54, 1.807) is 23.5 Å². The van der Waals surface area contributed by atoms with Gasteiger partial charge in [-0.2, -0.15) is 0 Å². The number of aryl methyl sites for hydroxylation is 1. The first kappa shape index (κ1) is 22.5. The number of carbonyl (C=O) groups excluding carboxylic acids is 1. The zero-order valence-corrected chi connectivity index (χ0v) is 19.8. The molecule has 7 nitrogen and oxygen atoms in total. The number of nitrogens with zero attached hydrogens (tertiary/aromatic N) is 3. The molecule has 1 aliphatic heterocycles. The molecule has 0 radical (unpaired) electrons. The Morgan fingerprint density at radius 3 is 2.26 bits per heavy atom. The van der Waals surface area contributed by atoms with Gasteiger partial charge in [0, 0.05) is 41.2 Å². The normalized spacial score (nSPS) is 15.2. The smallest absolute Gasteiger partial charge is 0.251 e. The molecule has 1 fully saturated rings. The summed E-state index contributed by atoms with van der Waals surface area (Å²) >= 11 is 1.72. The van der Waals surface area contributed by atoms with Crippen LogP contribution in [0, 0.1) is 6.92 Å². The molecule has 0 aliphatic carbocycles. The minimum Gasteiger partial charge on any atom is -0.416 e. The van der Waals surface area contributed by atoms with Crippen LogP contribution in [0.1, 0.15) is 26.8 Å². The Labute approximate surface area is 202 Å². The number of aromatic nitrogens is 2. The van der Waals surface area contributed by atoms with E-state index in [2.05, 4.69) is 37.9 Å². The summed E-state index contributed by atoms with van der Waals surface area (Å²) in [4.78, 5) is 16.5. The number of hydrogen-bond acceptors (Lipinski definition) is 7. The van der Waals surface area contributed by atoms with Crippen LogP contribution in [-0.4, -0.2) is 53.9 Å². The van der Waals surface area contributed by atoms with Crippen LogP contribution in [-0.2, 0) is 4.74 Å². The minimum absolute atomic E-state index is 0.104. The molecule has 34 heavy (non-hydrogen) atoms. The molecular formula is C26H26N4O3S. The summed E-state index contributed by atoms with van der Waals surface area (Å²) in [5.74, 6) is 0.791. The highest BCUT2D eigenvalue weighted by molar-refractivity contribution is 7.10. The van der Waals surface area contributed by atoms with Gasteiger partial charge in [0.05, 0.1) is 19.3 Å². The molecule has 1 amide bonds. The van der Waals surface area contributed by atoms with Crippen molar-refractivity contribution in [3.05, 3.63) is 82.0 Å². The summed E-state index contributed by atoms with van der Waals surface area (Å²) in [6.45, 7) is 5.75. The predicted molar refractivity (Wildman–Crippen MR) is 132 cm³/mol. The number of amides is 1. The monoisotopic (exact) mass is 474 g/mol. The maximum absolute atomic E-state index is 12.9. The lowest BCUT2D eigenvalue weighted by Gasteiger charge is -2.34. The second kappa shape index (κ2) is 10.3. The van der Waals surface area contributed by atoms with Gasteiger partial charge >= 0.3 is 0 Å². The summed E-state index contributed by atoms with van der Waals surface area (Å²) in [6, 6.07) is 19.5. The van der Waals surface area contributed by atoms with Gasteiger partial charge in [-0.15, -0.1) is 21.5 Å². The van der Waals surface area contributed by atoms with Crippen LogP contribution in [0.15, 0.2) is 70.5 Å². The highest BCUT2D eigenvalue weighted by Crippen LogP contribution is 2.26. The van der Waals surface area contributed by atoms with Crippen molar-refractivity contribution in [3.8, 4) is 22.9 Å². The van der Waals surface area contributed by atoms with Gasteiger partial charge in [0.2, 0.25) is 11.8 Å². The van der Waals surface area contributed by atoms with E-state index in [1.807, 2.05) is 43.3 Å². The Balaban J connectivity index is 1.24. The molecule has 1 aliphatic rings. The van der Waals surface area contributed by atoms with E-state index in [4.69, 9.17) is 9.15 Å². The fourth-order valence-corrected chi connectivity index (χ4v) is 4.85. The molecule has 0 saturated carbocycles. The van der Waals surface area contributed by atoms with Crippen LogP contribution in [0.25, 0.3) is 22.9 Å². The second-order valence-electron chi connectivity index (χ2n) is 8.25. The number of rotatable bonds is 7. The van der Waals surface area contributed by atoms with Crippen molar-refractivity contribution in [1.29, 1.82) is 0 Å². The Kier molecular flexibility index (Phi) is 6.80.